The molecule has 0 bridgehead atoms. The van der Waals surface area contributed by atoms with Crippen LogP contribution < -0.4 is 5.32 Å². The van der Waals surface area contributed by atoms with E-state index in [1.165, 1.54) is 31.2 Å². The zero-order valence-corrected chi connectivity index (χ0v) is 11.3. The van der Waals surface area contributed by atoms with Crippen LogP contribution in [-0.4, -0.2) is 25.0 Å². The van der Waals surface area contributed by atoms with Gasteiger partial charge in [-0.25, -0.2) is 0 Å². The molecule has 1 heterocycles. The molecule has 0 aromatic carbocycles. The maximum atomic E-state index is 5.73. The van der Waals surface area contributed by atoms with Crippen LogP contribution in [0, 0.1) is 6.92 Å². The third kappa shape index (κ3) is 3.11. The van der Waals surface area contributed by atoms with E-state index in [4.69, 9.17) is 4.42 Å². The van der Waals surface area contributed by atoms with Crippen molar-refractivity contribution in [2.24, 2.45) is 0 Å². The summed E-state index contributed by atoms with van der Waals surface area (Å²) >= 11 is 0. The third-order valence-corrected chi connectivity index (χ3v) is 3.79. The van der Waals surface area contributed by atoms with E-state index in [9.17, 15) is 0 Å². The van der Waals surface area contributed by atoms with Crippen LogP contribution in [0.25, 0.3) is 0 Å². The van der Waals surface area contributed by atoms with Gasteiger partial charge in [0.15, 0.2) is 0 Å². The number of nitrogens with zero attached hydrogens (tertiary/aromatic N) is 1. The first-order valence-electron chi connectivity index (χ1n) is 6.63. The van der Waals surface area contributed by atoms with E-state index < -0.39 is 0 Å². The lowest BCUT2D eigenvalue weighted by atomic mass is 10.2. The summed E-state index contributed by atoms with van der Waals surface area (Å²) in [5, 5.41) is 3.13. The monoisotopic (exact) mass is 236 g/mol. The molecule has 17 heavy (non-hydrogen) atoms. The first-order valence-corrected chi connectivity index (χ1v) is 6.63. The van der Waals surface area contributed by atoms with Gasteiger partial charge in [0.2, 0.25) is 0 Å². The average Bonchev–Trinajstić information content (AvgIpc) is 2.90. The summed E-state index contributed by atoms with van der Waals surface area (Å²) in [6.45, 7) is 3.90. The highest BCUT2D eigenvalue weighted by atomic mass is 16.3. The molecule has 1 aromatic heterocycles. The predicted octanol–water partition coefficient (Wildman–Crippen LogP) is 2.68. The minimum atomic E-state index is 0.775. The van der Waals surface area contributed by atoms with Crippen molar-refractivity contribution in [3.63, 3.8) is 0 Å². The van der Waals surface area contributed by atoms with Gasteiger partial charge in [-0.3, -0.25) is 4.90 Å². The normalized spacial score (nSPS) is 17.2. The lowest BCUT2D eigenvalue weighted by Crippen LogP contribution is -2.28. The first-order chi connectivity index (χ1) is 8.20. The summed E-state index contributed by atoms with van der Waals surface area (Å²) in [4.78, 5) is 2.48. The minimum absolute atomic E-state index is 0.775. The Balaban J connectivity index is 1.97. The second-order valence-corrected chi connectivity index (χ2v) is 5.18. The fraction of sp³-hybridized carbons (Fsp3) is 0.714. The van der Waals surface area contributed by atoms with Crippen LogP contribution in [0.2, 0.25) is 0 Å². The Morgan fingerprint density at radius 3 is 2.76 bits per heavy atom. The lowest BCUT2D eigenvalue weighted by molar-refractivity contribution is 0.236. The fourth-order valence-corrected chi connectivity index (χ4v) is 2.75. The van der Waals surface area contributed by atoms with Crippen LogP contribution in [0.4, 0.5) is 0 Å². The maximum Gasteiger partial charge on any atom is 0.118 e. The van der Waals surface area contributed by atoms with Crippen molar-refractivity contribution in [2.75, 3.05) is 14.1 Å². The molecule has 2 rings (SSSR count). The highest BCUT2D eigenvalue weighted by Gasteiger charge is 2.20. The fourth-order valence-electron chi connectivity index (χ4n) is 2.75. The van der Waals surface area contributed by atoms with Gasteiger partial charge in [-0.05, 0) is 39.9 Å². The van der Waals surface area contributed by atoms with Crippen LogP contribution in [0.15, 0.2) is 10.5 Å². The number of hydrogen-bond acceptors (Lipinski definition) is 3. The summed E-state index contributed by atoms with van der Waals surface area (Å²) in [6, 6.07) is 2.97. The number of furan rings is 1. The zero-order chi connectivity index (χ0) is 12.3. The van der Waals surface area contributed by atoms with Crippen LogP contribution in [-0.2, 0) is 13.1 Å². The third-order valence-electron chi connectivity index (χ3n) is 3.79. The molecule has 0 atom stereocenters. The average molecular weight is 236 g/mol. The second-order valence-electron chi connectivity index (χ2n) is 5.18. The Labute approximate surface area is 104 Å². The van der Waals surface area contributed by atoms with Gasteiger partial charge >= 0.3 is 0 Å². The molecule has 0 spiro atoms. The van der Waals surface area contributed by atoms with Gasteiger partial charge in [0.1, 0.15) is 11.5 Å². The number of aryl methyl sites for hydroxylation is 1. The van der Waals surface area contributed by atoms with Gasteiger partial charge in [0.05, 0.1) is 6.54 Å². The Morgan fingerprint density at radius 2 is 2.12 bits per heavy atom. The summed E-state index contributed by atoms with van der Waals surface area (Å²) < 4.78 is 5.73. The molecule has 1 fully saturated rings. The molecule has 0 amide bonds. The van der Waals surface area contributed by atoms with Gasteiger partial charge < -0.3 is 9.73 Å². The van der Waals surface area contributed by atoms with Crippen molar-refractivity contribution in [2.45, 2.75) is 51.7 Å². The summed E-state index contributed by atoms with van der Waals surface area (Å²) in [6.07, 6.45) is 5.50. The Morgan fingerprint density at radius 1 is 1.41 bits per heavy atom. The minimum Gasteiger partial charge on any atom is -0.465 e. The Bertz CT molecular complexity index is 353. The van der Waals surface area contributed by atoms with E-state index >= 15 is 0 Å². The lowest BCUT2D eigenvalue weighted by Gasteiger charge is -2.23. The topological polar surface area (TPSA) is 28.4 Å². The van der Waals surface area contributed by atoms with Crippen molar-refractivity contribution in [1.29, 1.82) is 0 Å². The number of hydrogen-bond donors (Lipinski definition) is 1. The summed E-state index contributed by atoms with van der Waals surface area (Å²) in [7, 11) is 4.18. The Kier molecular flexibility index (Phi) is 4.24. The molecule has 1 N–H and O–H groups in total. The molecule has 1 aliphatic carbocycles. The highest BCUT2D eigenvalue weighted by Crippen LogP contribution is 2.25. The van der Waals surface area contributed by atoms with Crippen LogP contribution in [0.5, 0.6) is 0 Å². The molecule has 1 aromatic rings. The van der Waals surface area contributed by atoms with Crippen molar-refractivity contribution in [3.05, 3.63) is 23.2 Å². The van der Waals surface area contributed by atoms with E-state index in [-0.39, 0.29) is 0 Å². The number of nitrogens with one attached hydrogen (secondary N) is 1. The predicted molar refractivity (Wildman–Crippen MR) is 69.9 cm³/mol. The van der Waals surface area contributed by atoms with Crippen LogP contribution in [0.1, 0.15) is 42.8 Å². The molecule has 96 valence electrons. The molecule has 0 saturated heterocycles. The van der Waals surface area contributed by atoms with E-state index in [1.54, 1.807) is 0 Å². The first kappa shape index (κ1) is 12.7. The maximum absolute atomic E-state index is 5.73. The van der Waals surface area contributed by atoms with Gasteiger partial charge in [-0.2, -0.15) is 0 Å². The molecular formula is C14H24N2O. The molecule has 3 nitrogen and oxygen atoms in total. The smallest absolute Gasteiger partial charge is 0.118 e. The van der Waals surface area contributed by atoms with Crippen molar-refractivity contribution in [1.82, 2.24) is 10.2 Å². The van der Waals surface area contributed by atoms with Gasteiger partial charge in [0, 0.05) is 18.2 Å². The van der Waals surface area contributed by atoms with Crippen molar-refractivity contribution in [3.8, 4) is 0 Å². The van der Waals surface area contributed by atoms with E-state index in [1.807, 2.05) is 7.05 Å². The molecule has 1 saturated carbocycles. The van der Waals surface area contributed by atoms with Crippen LogP contribution >= 0.6 is 0 Å². The van der Waals surface area contributed by atoms with Crippen molar-refractivity contribution < 1.29 is 4.42 Å². The van der Waals surface area contributed by atoms with E-state index in [2.05, 4.69) is 30.3 Å². The molecule has 1 aliphatic rings. The van der Waals surface area contributed by atoms with Gasteiger partial charge in [0.25, 0.3) is 0 Å². The highest BCUT2D eigenvalue weighted by molar-refractivity contribution is 5.20. The molecule has 0 radical (unpaired) electrons. The molecule has 0 unspecified atom stereocenters. The largest absolute Gasteiger partial charge is 0.465 e. The van der Waals surface area contributed by atoms with E-state index in [0.717, 1.165) is 30.7 Å². The van der Waals surface area contributed by atoms with Gasteiger partial charge in [-0.15, -0.1) is 0 Å². The summed E-state index contributed by atoms with van der Waals surface area (Å²) in [5.74, 6) is 2.11. The summed E-state index contributed by atoms with van der Waals surface area (Å²) in [5.41, 5.74) is 1.34. The SMILES string of the molecule is CNCc1cc(CN(C)C2CCCC2)c(C)o1. The second kappa shape index (κ2) is 5.69. The number of rotatable bonds is 5. The van der Waals surface area contributed by atoms with Crippen molar-refractivity contribution >= 4 is 0 Å². The molecular weight excluding hydrogens is 212 g/mol. The van der Waals surface area contributed by atoms with Crippen LogP contribution in [0.3, 0.4) is 0 Å². The quantitative estimate of drug-likeness (QED) is 0.852. The standard InChI is InChI=1S/C14H24N2O/c1-11-12(8-14(17-11)9-15-2)10-16(3)13-6-4-5-7-13/h8,13,15H,4-7,9-10H2,1-3H3. The van der Waals surface area contributed by atoms with Gasteiger partial charge in [-0.1, -0.05) is 12.8 Å². The molecule has 0 aliphatic heterocycles. The zero-order valence-electron chi connectivity index (χ0n) is 11.3. The molecule has 3 heteroatoms. The Hall–Kier alpha value is -0.800. The van der Waals surface area contributed by atoms with E-state index in [0.29, 0.717) is 0 Å².